The minimum absolute atomic E-state index is 0.602. The van der Waals surface area contributed by atoms with E-state index in [4.69, 9.17) is 4.42 Å². The normalized spacial score (nSPS) is 23.2. The third kappa shape index (κ3) is 3.21. The van der Waals surface area contributed by atoms with Crippen LogP contribution in [0.1, 0.15) is 39.0 Å². The van der Waals surface area contributed by atoms with E-state index in [9.17, 15) is 0 Å². The predicted octanol–water partition coefficient (Wildman–Crippen LogP) is 4.72. The summed E-state index contributed by atoms with van der Waals surface area (Å²) in [4.78, 5) is 3.98. The topological polar surface area (TPSA) is 38.1 Å². The molecule has 1 saturated carbocycles. The lowest BCUT2D eigenvalue weighted by molar-refractivity contribution is 0.502. The molecule has 0 bridgehead atoms. The van der Waals surface area contributed by atoms with Gasteiger partial charge < -0.3 is 9.73 Å². The van der Waals surface area contributed by atoms with E-state index >= 15 is 0 Å². The fourth-order valence-electron chi connectivity index (χ4n) is 2.99. The Balaban J connectivity index is 1.70. The van der Waals surface area contributed by atoms with Crippen molar-refractivity contribution in [1.82, 2.24) is 4.98 Å². The second-order valence-corrected chi connectivity index (χ2v) is 5.90. The lowest BCUT2D eigenvalue weighted by atomic mass is 10.0. The average Bonchev–Trinajstić information content (AvgIpc) is 2.92. The molecule has 0 amide bonds. The summed E-state index contributed by atoms with van der Waals surface area (Å²) in [6.45, 7) is 2.37. The van der Waals surface area contributed by atoms with Crippen LogP contribution in [-0.2, 0) is 0 Å². The molecular formula is C17H22N2O. The zero-order valence-electron chi connectivity index (χ0n) is 12.0. The summed E-state index contributed by atoms with van der Waals surface area (Å²) in [5, 5.41) is 3.68. The third-order valence-electron chi connectivity index (χ3n) is 4.21. The first-order chi connectivity index (χ1) is 9.81. The van der Waals surface area contributed by atoms with Gasteiger partial charge in [-0.3, -0.25) is 0 Å². The Morgan fingerprint density at radius 2 is 2.15 bits per heavy atom. The van der Waals surface area contributed by atoms with E-state index in [0.29, 0.717) is 6.04 Å². The molecule has 3 nitrogen and oxygen atoms in total. The monoisotopic (exact) mass is 270 g/mol. The number of benzene rings is 1. The van der Waals surface area contributed by atoms with Crippen molar-refractivity contribution in [1.29, 1.82) is 0 Å². The van der Waals surface area contributed by atoms with E-state index in [1.165, 1.54) is 44.2 Å². The Hall–Kier alpha value is -1.77. The first-order valence-corrected chi connectivity index (χ1v) is 7.57. The van der Waals surface area contributed by atoms with Gasteiger partial charge in [-0.1, -0.05) is 31.9 Å². The summed E-state index contributed by atoms with van der Waals surface area (Å²) < 4.78 is 5.36. The molecule has 1 heterocycles. The van der Waals surface area contributed by atoms with Crippen LogP contribution in [0, 0.1) is 5.92 Å². The van der Waals surface area contributed by atoms with Crippen molar-refractivity contribution in [2.45, 2.75) is 45.1 Å². The summed E-state index contributed by atoms with van der Waals surface area (Å²) in [6, 6.07) is 9.01. The lowest BCUT2D eigenvalue weighted by Gasteiger charge is -2.18. The number of hydrogen-bond donors (Lipinski definition) is 1. The van der Waals surface area contributed by atoms with E-state index in [2.05, 4.69) is 41.5 Å². The molecule has 0 radical (unpaired) electrons. The summed E-state index contributed by atoms with van der Waals surface area (Å²) in [5.74, 6) is 1.70. The zero-order valence-corrected chi connectivity index (χ0v) is 12.0. The van der Waals surface area contributed by atoms with Crippen molar-refractivity contribution >= 4 is 5.69 Å². The Morgan fingerprint density at radius 3 is 3.00 bits per heavy atom. The summed E-state index contributed by atoms with van der Waals surface area (Å²) in [6.07, 6.45) is 9.81. The number of aromatic nitrogens is 1. The van der Waals surface area contributed by atoms with E-state index in [1.807, 2.05) is 0 Å². The second kappa shape index (κ2) is 6.12. The molecule has 3 heteroatoms. The summed E-state index contributed by atoms with van der Waals surface area (Å²) in [5.41, 5.74) is 2.26. The van der Waals surface area contributed by atoms with Crippen molar-refractivity contribution in [3.63, 3.8) is 0 Å². The van der Waals surface area contributed by atoms with Crippen LogP contribution in [0.4, 0.5) is 5.69 Å². The van der Waals surface area contributed by atoms with Crippen molar-refractivity contribution < 1.29 is 4.42 Å². The van der Waals surface area contributed by atoms with Gasteiger partial charge in [0.25, 0.3) is 0 Å². The highest BCUT2D eigenvalue weighted by Crippen LogP contribution is 2.27. The molecule has 1 fully saturated rings. The van der Waals surface area contributed by atoms with Gasteiger partial charge >= 0.3 is 0 Å². The highest BCUT2D eigenvalue weighted by Gasteiger charge is 2.16. The molecule has 106 valence electrons. The lowest BCUT2D eigenvalue weighted by Crippen LogP contribution is -2.18. The standard InChI is InChI=1S/C17H22N2O/c1-13-4-2-6-15(9-8-13)19-16-7-3-5-14(10-16)17-11-18-12-20-17/h3,5,7,10-13,15,19H,2,4,6,8-9H2,1H3. The summed E-state index contributed by atoms with van der Waals surface area (Å²) >= 11 is 0. The molecule has 20 heavy (non-hydrogen) atoms. The number of hydrogen-bond acceptors (Lipinski definition) is 3. The molecule has 0 aliphatic heterocycles. The first-order valence-electron chi connectivity index (χ1n) is 7.57. The molecule has 1 aromatic carbocycles. The SMILES string of the molecule is CC1CCCC(Nc2cccc(-c3cnco3)c2)CC1. The van der Waals surface area contributed by atoms with Crippen molar-refractivity contribution in [2.24, 2.45) is 5.92 Å². The first kappa shape index (κ1) is 13.2. The molecular weight excluding hydrogens is 248 g/mol. The predicted molar refractivity (Wildman–Crippen MR) is 81.6 cm³/mol. The Labute approximate surface area is 120 Å². The quantitative estimate of drug-likeness (QED) is 0.820. The van der Waals surface area contributed by atoms with Crippen LogP contribution in [0.15, 0.2) is 41.3 Å². The average molecular weight is 270 g/mol. The number of rotatable bonds is 3. The maximum atomic E-state index is 5.36. The van der Waals surface area contributed by atoms with Gasteiger partial charge in [-0.15, -0.1) is 0 Å². The molecule has 1 aromatic heterocycles. The van der Waals surface area contributed by atoms with Gasteiger partial charge in [-0.05, 0) is 37.3 Å². The molecule has 0 saturated heterocycles. The summed E-state index contributed by atoms with van der Waals surface area (Å²) in [7, 11) is 0. The van der Waals surface area contributed by atoms with Crippen LogP contribution in [0.2, 0.25) is 0 Å². The zero-order chi connectivity index (χ0) is 13.8. The molecule has 2 unspecified atom stereocenters. The molecule has 1 aliphatic carbocycles. The van der Waals surface area contributed by atoms with E-state index in [1.54, 1.807) is 6.20 Å². The van der Waals surface area contributed by atoms with Gasteiger partial charge in [0.15, 0.2) is 12.2 Å². The molecule has 3 rings (SSSR count). The highest BCUT2D eigenvalue weighted by atomic mass is 16.3. The smallest absolute Gasteiger partial charge is 0.181 e. The van der Waals surface area contributed by atoms with Crippen LogP contribution in [0.25, 0.3) is 11.3 Å². The maximum Gasteiger partial charge on any atom is 0.181 e. The number of oxazole rings is 1. The Morgan fingerprint density at radius 1 is 1.20 bits per heavy atom. The van der Waals surface area contributed by atoms with E-state index in [0.717, 1.165) is 17.2 Å². The van der Waals surface area contributed by atoms with Crippen molar-refractivity contribution in [3.05, 3.63) is 36.9 Å². The second-order valence-electron chi connectivity index (χ2n) is 5.90. The number of anilines is 1. The van der Waals surface area contributed by atoms with Crippen LogP contribution in [-0.4, -0.2) is 11.0 Å². The van der Waals surface area contributed by atoms with Gasteiger partial charge in [0, 0.05) is 17.3 Å². The molecule has 0 spiro atoms. The fourth-order valence-corrected chi connectivity index (χ4v) is 2.99. The van der Waals surface area contributed by atoms with Gasteiger partial charge in [-0.2, -0.15) is 0 Å². The Bertz CT molecular complexity index is 536. The molecule has 2 atom stereocenters. The van der Waals surface area contributed by atoms with Crippen LogP contribution < -0.4 is 5.32 Å². The van der Waals surface area contributed by atoms with Gasteiger partial charge in [0.1, 0.15) is 0 Å². The minimum atomic E-state index is 0.602. The Kier molecular flexibility index (Phi) is 4.05. The van der Waals surface area contributed by atoms with Crippen LogP contribution in [0.3, 0.4) is 0 Å². The molecule has 1 aliphatic rings. The van der Waals surface area contributed by atoms with Crippen molar-refractivity contribution in [2.75, 3.05) is 5.32 Å². The largest absolute Gasteiger partial charge is 0.444 e. The molecule has 1 N–H and O–H groups in total. The number of nitrogens with one attached hydrogen (secondary N) is 1. The van der Waals surface area contributed by atoms with E-state index < -0.39 is 0 Å². The van der Waals surface area contributed by atoms with Crippen LogP contribution in [0.5, 0.6) is 0 Å². The highest BCUT2D eigenvalue weighted by molar-refractivity contribution is 5.63. The maximum absolute atomic E-state index is 5.36. The fraction of sp³-hybridized carbons (Fsp3) is 0.471. The molecule has 2 aromatic rings. The van der Waals surface area contributed by atoms with E-state index in [-0.39, 0.29) is 0 Å². The minimum Gasteiger partial charge on any atom is -0.444 e. The van der Waals surface area contributed by atoms with Crippen LogP contribution >= 0.6 is 0 Å². The van der Waals surface area contributed by atoms with Crippen molar-refractivity contribution in [3.8, 4) is 11.3 Å². The van der Waals surface area contributed by atoms with Gasteiger partial charge in [0.2, 0.25) is 0 Å². The van der Waals surface area contributed by atoms with Gasteiger partial charge in [-0.25, -0.2) is 4.98 Å². The third-order valence-corrected chi connectivity index (χ3v) is 4.21. The van der Waals surface area contributed by atoms with Gasteiger partial charge in [0.05, 0.1) is 6.20 Å². The number of nitrogens with zero attached hydrogens (tertiary/aromatic N) is 1.